The van der Waals surface area contributed by atoms with Crippen molar-refractivity contribution >= 4 is 34.6 Å². The molecule has 3 heterocycles. The minimum Gasteiger partial charge on any atom is -0.477 e. The summed E-state index contributed by atoms with van der Waals surface area (Å²) < 4.78 is 0. The van der Waals surface area contributed by atoms with Gasteiger partial charge in [-0.25, -0.2) is 4.79 Å². The molecular weight excluding hydrogens is 328 g/mol. The Morgan fingerprint density at radius 2 is 2.33 bits per heavy atom. The predicted octanol–water partition coefficient (Wildman–Crippen LogP) is 2.11. The SMILES string of the molecule is C=C1c2c(nc(N)[nH]c2=O)NC[C@H]1CCc1sc(C(=O)O)cc1C. The molecule has 0 radical (unpaired) electrons. The largest absolute Gasteiger partial charge is 0.477 e. The second-order valence-electron chi connectivity index (χ2n) is 5.84. The van der Waals surface area contributed by atoms with E-state index in [4.69, 9.17) is 10.8 Å². The normalized spacial score (nSPS) is 16.5. The molecule has 2 aromatic heterocycles. The molecule has 2 aromatic rings. The maximum absolute atomic E-state index is 12.1. The van der Waals surface area contributed by atoms with Crippen LogP contribution in [0.25, 0.3) is 5.57 Å². The summed E-state index contributed by atoms with van der Waals surface area (Å²) in [6, 6.07) is 1.70. The molecule has 0 saturated carbocycles. The van der Waals surface area contributed by atoms with Crippen LogP contribution in [-0.4, -0.2) is 27.6 Å². The first-order valence-electron chi connectivity index (χ1n) is 7.52. The number of nitrogens with zero attached hydrogens (tertiary/aromatic N) is 1. The summed E-state index contributed by atoms with van der Waals surface area (Å²) in [5, 5.41) is 12.2. The average molecular weight is 346 g/mol. The minimum absolute atomic E-state index is 0.0768. The molecule has 126 valence electrons. The van der Waals surface area contributed by atoms with Gasteiger partial charge in [0.1, 0.15) is 10.7 Å². The quantitative estimate of drug-likeness (QED) is 0.673. The second kappa shape index (κ2) is 6.12. The molecule has 5 N–H and O–H groups in total. The van der Waals surface area contributed by atoms with Gasteiger partial charge in [-0.3, -0.25) is 9.78 Å². The predicted molar refractivity (Wildman–Crippen MR) is 94.6 cm³/mol. The molecule has 0 bridgehead atoms. The molecule has 0 spiro atoms. The number of nitrogen functional groups attached to an aromatic ring is 1. The summed E-state index contributed by atoms with van der Waals surface area (Å²) in [6.07, 6.45) is 1.51. The summed E-state index contributed by atoms with van der Waals surface area (Å²) in [5.74, 6) is -0.271. The van der Waals surface area contributed by atoms with Crippen LogP contribution in [0.3, 0.4) is 0 Å². The number of aryl methyl sites for hydroxylation is 2. The number of thiophene rings is 1. The second-order valence-corrected chi connectivity index (χ2v) is 6.98. The van der Waals surface area contributed by atoms with Gasteiger partial charge in [0.2, 0.25) is 5.95 Å². The molecular formula is C16H18N4O3S. The first-order chi connectivity index (χ1) is 11.4. The lowest BCUT2D eigenvalue weighted by molar-refractivity contribution is 0.0702. The summed E-state index contributed by atoms with van der Waals surface area (Å²) in [5.41, 5.74) is 7.45. The standard InChI is InChI=1S/C16H18N4O3S/c1-7-5-11(15(22)23)24-10(7)4-3-9-6-18-13-12(8(9)2)14(21)20-16(17)19-13/h5,9H,2-4,6H2,1H3,(H,22,23)(H4,17,18,19,20,21)/t9-/m1/s1. The van der Waals surface area contributed by atoms with Crippen LogP contribution in [0.5, 0.6) is 0 Å². The Kier molecular flexibility index (Phi) is 4.15. The van der Waals surface area contributed by atoms with Gasteiger partial charge in [0.25, 0.3) is 5.56 Å². The van der Waals surface area contributed by atoms with Crippen molar-refractivity contribution in [2.45, 2.75) is 19.8 Å². The fourth-order valence-corrected chi connectivity index (χ4v) is 3.95. The van der Waals surface area contributed by atoms with Gasteiger partial charge < -0.3 is 16.2 Å². The fraction of sp³-hybridized carbons (Fsp3) is 0.312. The van der Waals surface area contributed by atoms with Gasteiger partial charge in [0, 0.05) is 17.3 Å². The van der Waals surface area contributed by atoms with Gasteiger partial charge in [0.05, 0.1) is 5.56 Å². The van der Waals surface area contributed by atoms with Crippen molar-refractivity contribution in [3.05, 3.63) is 43.9 Å². The molecule has 0 aliphatic carbocycles. The van der Waals surface area contributed by atoms with Crippen molar-refractivity contribution in [2.24, 2.45) is 5.92 Å². The Labute approximate surface area is 142 Å². The zero-order chi connectivity index (χ0) is 17.4. The maximum Gasteiger partial charge on any atom is 0.345 e. The molecule has 0 aromatic carbocycles. The molecule has 3 rings (SSSR count). The van der Waals surface area contributed by atoms with E-state index in [2.05, 4.69) is 21.9 Å². The summed E-state index contributed by atoms with van der Waals surface area (Å²) in [4.78, 5) is 31.2. The van der Waals surface area contributed by atoms with Gasteiger partial charge in [-0.05, 0) is 37.0 Å². The highest BCUT2D eigenvalue weighted by Crippen LogP contribution is 2.33. The Morgan fingerprint density at radius 3 is 3.00 bits per heavy atom. The Bertz CT molecular complexity index is 884. The molecule has 24 heavy (non-hydrogen) atoms. The number of carbonyl (C=O) groups is 1. The number of fused-ring (bicyclic) bond motifs is 1. The number of aromatic nitrogens is 2. The van der Waals surface area contributed by atoms with Crippen LogP contribution in [0, 0.1) is 12.8 Å². The van der Waals surface area contributed by atoms with E-state index in [0.29, 0.717) is 22.8 Å². The fourth-order valence-electron chi connectivity index (χ4n) is 2.92. The highest BCUT2D eigenvalue weighted by molar-refractivity contribution is 7.14. The van der Waals surface area contributed by atoms with Crippen LogP contribution in [0.15, 0.2) is 17.4 Å². The molecule has 0 saturated heterocycles. The number of aromatic carboxylic acids is 1. The van der Waals surface area contributed by atoms with Gasteiger partial charge in [0.15, 0.2) is 0 Å². The first-order valence-corrected chi connectivity index (χ1v) is 8.34. The summed E-state index contributed by atoms with van der Waals surface area (Å²) >= 11 is 1.30. The number of rotatable bonds is 4. The summed E-state index contributed by atoms with van der Waals surface area (Å²) in [6.45, 7) is 6.60. The third-order valence-electron chi connectivity index (χ3n) is 4.22. The number of nitrogens with one attached hydrogen (secondary N) is 2. The molecule has 1 aliphatic heterocycles. The third kappa shape index (κ3) is 2.92. The number of carboxylic acids is 1. The lowest BCUT2D eigenvalue weighted by Gasteiger charge is -2.27. The van der Waals surface area contributed by atoms with E-state index in [-0.39, 0.29) is 17.4 Å². The van der Waals surface area contributed by atoms with Crippen molar-refractivity contribution in [1.29, 1.82) is 0 Å². The van der Waals surface area contributed by atoms with E-state index in [0.717, 1.165) is 28.9 Å². The minimum atomic E-state index is -0.901. The van der Waals surface area contributed by atoms with E-state index >= 15 is 0 Å². The highest BCUT2D eigenvalue weighted by atomic mass is 32.1. The molecule has 8 heteroatoms. The molecule has 0 unspecified atom stereocenters. The lowest BCUT2D eigenvalue weighted by atomic mass is 9.87. The van der Waals surface area contributed by atoms with Crippen LogP contribution in [0.4, 0.5) is 11.8 Å². The van der Waals surface area contributed by atoms with E-state index < -0.39 is 5.97 Å². The number of anilines is 2. The van der Waals surface area contributed by atoms with Crippen molar-refractivity contribution in [2.75, 3.05) is 17.6 Å². The number of hydrogen-bond donors (Lipinski definition) is 4. The van der Waals surface area contributed by atoms with Crippen molar-refractivity contribution in [3.63, 3.8) is 0 Å². The number of hydrogen-bond acceptors (Lipinski definition) is 6. The molecule has 0 fully saturated rings. The smallest absolute Gasteiger partial charge is 0.345 e. The van der Waals surface area contributed by atoms with Gasteiger partial charge >= 0.3 is 5.97 Å². The first kappa shape index (κ1) is 16.3. The van der Waals surface area contributed by atoms with Crippen LogP contribution >= 0.6 is 11.3 Å². The van der Waals surface area contributed by atoms with Gasteiger partial charge in [-0.2, -0.15) is 4.98 Å². The Hall–Kier alpha value is -2.61. The van der Waals surface area contributed by atoms with Crippen molar-refractivity contribution < 1.29 is 9.90 Å². The Balaban J connectivity index is 1.77. The van der Waals surface area contributed by atoms with E-state index in [1.165, 1.54) is 11.3 Å². The molecule has 1 aliphatic rings. The molecule has 1 atom stereocenters. The number of H-pyrrole nitrogens is 1. The van der Waals surface area contributed by atoms with Crippen LogP contribution < -0.4 is 16.6 Å². The zero-order valence-corrected chi connectivity index (χ0v) is 14.0. The van der Waals surface area contributed by atoms with Crippen molar-refractivity contribution in [1.82, 2.24) is 9.97 Å². The van der Waals surface area contributed by atoms with Gasteiger partial charge in [-0.1, -0.05) is 6.58 Å². The lowest BCUT2D eigenvalue weighted by Crippen LogP contribution is -2.29. The van der Waals surface area contributed by atoms with Gasteiger partial charge in [-0.15, -0.1) is 11.3 Å². The molecule has 7 nitrogen and oxygen atoms in total. The van der Waals surface area contributed by atoms with Crippen LogP contribution in [-0.2, 0) is 6.42 Å². The Morgan fingerprint density at radius 1 is 1.58 bits per heavy atom. The average Bonchev–Trinajstić information content (AvgIpc) is 2.87. The summed E-state index contributed by atoms with van der Waals surface area (Å²) in [7, 11) is 0. The topological polar surface area (TPSA) is 121 Å². The van der Waals surface area contributed by atoms with E-state index in [1.54, 1.807) is 6.07 Å². The third-order valence-corrected chi connectivity index (χ3v) is 5.50. The zero-order valence-electron chi connectivity index (χ0n) is 13.2. The van der Waals surface area contributed by atoms with Crippen LogP contribution in [0.1, 0.15) is 32.1 Å². The van der Waals surface area contributed by atoms with E-state index in [1.807, 2.05) is 6.92 Å². The van der Waals surface area contributed by atoms with Crippen molar-refractivity contribution in [3.8, 4) is 0 Å². The number of nitrogens with two attached hydrogens (primary N) is 1. The van der Waals surface area contributed by atoms with Crippen LogP contribution in [0.2, 0.25) is 0 Å². The van der Waals surface area contributed by atoms with E-state index in [9.17, 15) is 9.59 Å². The number of aromatic amines is 1. The molecule has 0 amide bonds. The monoisotopic (exact) mass is 346 g/mol. The maximum atomic E-state index is 12.1. The highest BCUT2D eigenvalue weighted by Gasteiger charge is 2.26. The number of carboxylic acid groups (broad SMARTS) is 1.